The van der Waals surface area contributed by atoms with E-state index in [1.807, 2.05) is 0 Å². The lowest BCUT2D eigenvalue weighted by Gasteiger charge is -2.59. The second-order valence-corrected chi connectivity index (χ2v) is 12.3. The van der Waals surface area contributed by atoms with Crippen molar-refractivity contribution in [2.24, 2.45) is 40.4 Å². The number of aliphatic hydroxyl groups excluding tert-OH is 3. The van der Waals surface area contributed by atoms with Gasteiger partial charge in [-0.05, 0) is 73.5 Å². The molecular formula is C26H38O7. The molecule has 5 fully saturated rings. The summed E-state index contributed by atoms with van der Waals surface area (Å²) in [4.78, 5) is 12.8. The van der Waals surface area contributed by atoms with Crippen molar-refractivity contribution in [1.29, 1.82) is 0 Å². The first-order valence-electron chi connectivity index (χ1n) is 12.9. The number of carbonyl (C=O) groups is 1. The zero-order chi connectivity index (χ0) is 23.3. The smallest absolute Gasteiger partial charge is 0.316 e. The van der Waals surface area contributed by atoms with Crippen LogP contribution in [0, 0.1) is 40.4 Å². The van der Waals surface area contributed by atoms with Crippen LogP contribution < -0.4 is 0 Å². The van der Waals surface area contributed by atoms with Gasteiger partial charge in [0.25, 0.3) is 0 Å². The van der Waals surface area contributed by atoms with Crippen LogP contribution in [0.3, 0.4) is 0 Å². The maximum atomic E-state index is 12.8. The molecule has 0 aromatic carbocycles. The number of ether oxygens (including phenoxy) is 2. The third-order valence-corrected chi connectivity index (χ3v) is 10.9. The maximum Gasteiger partial charge on any atom is 0.316 e. The zero-order valence-corrected chi connectivity index (χ0v) is 19.7. The largest absolute Gasteiger partial charge is 0.481 e. The van der Waals surface area contributed by atoms with Crippen LogP contribution in [0.4, 0.5) is 0 Å². The molecule has 12 unspecified atom stereocenters. The summed E-state index contributed by atoms with van der Waals surface area (Å²) in [6.07, 6.45) is 4.39. The number of aliphatic hydroxyl groups is 3. The van der Waals surface area contributed by atoms with Crippen molar-refractivity contribution >= 4 is 5.97 Å². The van der Waals surface area contributed by atoms with Crippen molar-refractivity contribution in [2.75, 3.05) is 6.61 Å². The predicted octanol–water partition coefficient (Wildman–Crippen LogP) is 2.47. The highest BCUT2D eigenvalue weighted by Gasteiger charge is 2.70. The van der Waals surface area contributed by atoms with Crippen LogP contribution in [-0.2, 0) is 14.3 Å². The van der Waals surface area contributed by atoms with Crippen LogP contribution in [0.1, 0.15) is 65.2 Å². The molecule has 7 nitrogen and oxygen atoms in total. The molecule has 4 aliphatic carbocycles. The average molecular weight is 463 g/mol. The Morgan fingerprint density at radius 1 is 1.09 bits per heavy atom. The lowest BCUT2D eigenvalue weighted by Crippen LogP contribution is -2.64. The van der Waals surface area contributed by atoms with Crippen molar-refractivity contribution in [1.82, 2.24) is 0 Å². The second kappa shape index (κ2) is 7.26. The predicted molar refractivity (Wildman–Crippen MR) is 118 cm³/mol. The molecule has 6 aliphatic rings. The zero-order valence-electron chi connectivity index (χ0n) is 19.7. The highest BCUT2D eigenvalue weighted by Crippen LogP contribution is 2.70. The fraction of sp³-hybridized carbons (Fsp3) is 0.885. The third-order valence-electron chi connectivity index (χ3n) is 10.9. The third kappa shape index (κ3) is 2.83. The van der Waals surface area contributed by atoms with E-state index in [1.165, 1.54) is 6.08 Å². The van der Waals surface area contributed by atoms with Crippen LogP contribution in [-0.4, -0.2) is 63.2 Å². The summed E-state index contributed by atoms with van der Waals surface area (Å²) in [5.74, 6) is -0.263. The lowest BCUT2D eigenvalue weighted by molar-refractivity contribution is -0.256. The van der Waals surface area contributed by atoms with E-state index in [1.54, 1.807) is 0 Å². The molecule has 1 spiro atoms. The number of fused-ring (bicyclic) bond motifs is 7. The monoisotopic (exact) mass is 462 g/mol. The summed E-state index contributed by atoms with van der Waals surface area (Å²) in [5, 5.41) is 42.2. The molecule has 0 amide bonds. The Morgan fingerprint density at radius 2 is 1.88 bits per heavy atom. The van der Waals surface area contributed by atoms with E-state index < -0.39 is 35.5 Å². The molecule has 0 aromatic heterocycles. The Bertz CT molecular complexity index is 863. The molecule has 0 aromatic rings. The van der Waals surface area contributed by atoms with Gasteiger partial charge in [0.1, 0.15) is 23.7 Å². The van der Waals surface area contributed by atoms with Gasteiger partial charge >= 0.3 is 5.97 Å². The normalized spacial score (nSPS) is 57.6. The number of hydrogen-bond acceptors (Lipinski definition) is 6. The van der Waals surface area contributed by atoms with E-state index >= 15 is 0 Å². The molecule has 0 radical (unpaired) electrons. The Balaban J connectivity index is 1.31. The number of aliphatic carboxylic acids is 1. The molecule has 12 atom stereocenters. The van der Waals surface area contributed by atoms with E-state index in [9.17, 15) is 25.2 Å². The van der Waals surface area contributed by atoms with Crippen molar-refractivity contribution in [3.63, 3.8) is 0 Å². The highest BCUT2D eigenvalue weighted by atomic mass is 16.7. The van der Waals surface area contributed by atoms with E-state index in [-0.39, 0.29) is 23.4 Å². The van der Waals surface area contributed by atoms with Crippen molar-refractivity contribution < 1.29 is 34.7 Å². The number of carboxylic acid groups (broad SMARTS) is 1. The maximum absolute atomic E-state index is 12.8. The molecule has 0 bridgehead atoms. The fourth-order valence-electron chi connectivity index (χ4n) is 9.25. The molecule has 2 heterocycles. The average Bonchev–Trinajstić information content (AvgIpc) is 3.27. The molecule has 2 saturated heterocycles. The topological polar surface area (TPSA) is 116 Å². The summed E-state index contributed by atoms with van der Waals surface area (Å²) in [6, 6.07) is 0. The van der Waals surface area contributed by atoms with Crippen LogP contribution in [0.25, 0.3) is 0 Å². The van der Waals surface area contributed by atoms with Gasteiger partial charge in [-0.2, -0.15) is 0 Å². The van der Waals surface area contributed by atoms with Crippen LogP contribution in [0.15, 0.2) is 11.6 Å². The van der Waals surface area contributed by atoms with Crippen LogP contribution in [0.5, 0.6) is 0 Å². The van der Waals surface area contributed by atoms with Gasteiger partial charge in [0.15, 0.2) is 5.79 Å². The van der Waals surface area contributed by atoms with Crippen molar-refractivity contribution in [2.45, 2.75) is 95.4 Å². The summed E-state index contributed by atoms with van der Waals surface area (Å²) in [7, 11) is 0. The summed E-state index contributed by atoms with van der Waals surface area (Å²) >= 11 is 0. The van der Waals surface area contributed by atoms with Crippen LogP contribution in [0.2, 0.25) is 0 Å². The Kier molecular flexibility index (Phi) is 4.95. The first kappa shape index (κ1) is 22.5. The van der Waals surface area contributed by atoms with Gasteiger partial charge < -0.3 is 29.9 Å². The first-order valence-corrected chi connectivity index (χ1v) is 12.9. The molecule has 3 saturated carbocycles. The van der Waals surface area contributed by atoms with Gasteiger partial charge in [-0.1, -0.05) is 25.5 Å². The van der Waals surface area contributed by atoms with Crippen LogP contribution >= 0.6 is 0 Å². The van der Waals surface area contributed by atoms with Gasteiger partial charge in [0, 0.05) is 12.8 Å². The van der Waals surface area contributed by atoms with Gasteiger partial charge in [0.2, 0.25) is 0 Å². The summed E-state index contributed by atoms with van der Waals surface area (Å²) in [5.41, 5.74) is -0.839. The van der Waals surface area contributed by atoms with Gasteiger partial charge in [-0.25, -0.2) is 0 Å². The minimum Gasteiger partial charge on any atom is -0.481 e. The van der Waals surface area contributed by atoms with E-state index in [0.717, 1.165) is 45.1 Å². The van der Waals surface area contributed by atoms with E-state index in [4.69, 9.17) is 9.47 Å². The van der Waals surface area contributed by atoms with E-state index in [0.29, 0.717) is 36.2 Å². The van der Waals surface area contributed by atoms with Crippen molar-refractivity contribution in [3.8, 4) is 0 Å². The highest BCUT2D eigenvalue weighted by molar-refractivity contribution is 5.81. The lowest BCUT2D eigenvalue weighted by atomic mass is 9.45. The summed E-state index contributed by atoms with van der Waals surface area (Å²) < 4.78 is 12.9. The molecular weight excluding hydrogens is 424 g/mol. The molecule has 184 valence electrons. The number of rotatable bonds is 1. The molecule has 6 rings (SSSR count). The molecule has 7 heteroatoms. The number of carboxylic acids is 1. The Labute approximate surface area is 195 Å². The second-order valence-electron chi connectivity index (χ2n) is 12.3. The quantitative estimate of drug-likeness (QED) is 0.442. The van der Waals surface area contributed by atoms with Crippen molar-refractivity contribution in [3.05, 3.63) is 11.6 Å². The summed E-state index contributed by atoms with van der Waals surface area (Å²) in [6.45, 7) is 5.36. The Hall–Kier alpha value is -0.990. The Morgan fingerprint density at radius 3 is 2.58 bits per heavy atom. The molecule has 4 N–H and O–H groups in total. The molecule has 33 heavy (non-hydrogen) atoms. The molecule has 2 aliphatic heterocycles. The SMILES string of the molecule is CC1CCC2(CC3C(CC4C5CCC6=CC(O)C(O)C(O)C6(C(=O)O)C5CCC34C)O2)OC1. The van der Waals surface area contributed by atoms with Gasteiger partial charge in [-0.3, -0.25) is 4.79 Å². The first-order chi connectivity index (χ1) is 15.6. The van der Waals surface area contributed by atoms with Gasteiger partial charge in [0.05, 0.1) is 12.7 Å². The van der Waals surface area contributed by atoms with E-state index in [2.05, 4.69) is 13.8 Å². The minimum atomic E-state index is -1.51. The number of hydrogen-bond donors (Lipinski definition) is 4. The standard InChI is InChI=1S/C26H38O7/c1-13-5-8-25(32-12-13)11-18-20(33-25)10-17-15-4-3-14-9-19(27)21(28)22(29)26(14,23(30)31)16(15)6-7-24(17,18)2/h9,13,15-22,27-29H,3-8,10-12H2,1-2H3,(H,30,31). The van der Waals surface area contributed by atoms with Gasteiger partial charge in [-0.15, -0.1) is 0 Å². The fourth-order valence-corrected chi connectivity index (χ4v) is 9.25. The minimum absolute atomic E-state index is 0.0699.